The van der Waals surface area contributed by atoms with Crippen molar-refractivity contribution in [2.24, 2.45) is 5.92 Å². The molecule has 1 aliphatic rings. The van der Waals surface area contributed by atoms with Crippen molar-refractivity contribution < 1.29 is 14.3 Å². The van der Waals surface area contributed by atoms with E-state index in [1.807, 2.05) is 38.2 Å². The fraction of sp³-hybridized carbons (Fsp3) is 0.393. The van der Waals surface area contributed by atoms with Gasteiger partial charge in [0.15, 0.2) is 0 Å². The minimum atomic E-state index is -0.107. The van der Waals surface area contributed by atoms with E-state index in [0.717, 1.165) is 47.9 Å². The van der Waals surface area contributed by atoms with Crippen LogP contribution >= 0.6 is 11.3 Å². The Morgan fingerprint density at radius 1 is 1.29 bits per heavy atom. The smallest absolute Gasteiger partial charge is 0.311 e. The predicted molar refractivity (Wildman–Crippen MR) is 140 cm³/mol. The van der Waals surface area contributed by atoms with Gasteiger partial charge >= 0.3 is 5.97 Å². The molecule has 1 fully saturated rings. The zero-order chi connectivity index (χ0) is 24.9. The first-order valence-corrected chi connectivity index (χ1v) is 12.8. The van der Waals surface area contributed by atoms with Crippen LogP contribution in [0.5, 0.6) is 5.75 Å². The summed E-state index contributed by atoms with van der Waals surface area (Å²) in [5, 5.41) is 0.892. The van der Waals surface area contributed by atoms with Gasteiger partial charge in [-0.15, -0.1) is 11.3 Å². The lowest BCUT2D eigenvalue weighted by atomic mass is 9.94. The first-order chi connectivity index (χ1) is 16.9. The molecule has 0 atom stereocenters. The van der Waals surface area contributed by atoms with E-state index in [9.17, 15) is 4.79 Å². The Hall–Kier alpha value is -3.21. The molecule has 0 unspecified atom stereocenters. The molecule has 0 saturated carbocycles. The molecule has 2 aromatic carbocycles. The molecular formula is C28H31N3O3S. The fourth-order valence-corrected chi connectivity index (χ4v) is 5.45. The van der Waals surface area contributed by atoms with Crippen LogP contribution in [-0.4, -0.2) is 48.7 Å². The monoisotopic (exact) mass is 489 g/mol. The van der Waals surface area contributed by atoms with Crippen molar-refractivity contribution in [1.82, 2.24) is 9.88 Å². The van der Waals surface area contributed by atoms with E-state index >= 15 is 0 Å². The van der Waals surface area contributed by atoms with Gasteiger partial charge in [0.2, 0.25) is 5.69 Å². The predicted octanol–water partition coefficient (Wildman–Crippen LogP) is 6.02. The minimum Gasteiger partial charge on any atom is -0.502 e. The minimum absolute atomic E-state index is 0.0157. The Kier molecular flexibility index (Phi) is 7.84. The number of benzene rings is 2. The summed E-state index contributed by atoms with van der Waals surface area (Å²) in [6.45, 7) is 16.1. The molecule has 4 rings (SSSR count). The number of hydrogen-bond acceptors (Lipinski definition) is 6. The molecule has 1 saturated heterocycles. The third-order valence-electron chi connectivity index (χ3n) is 6.28. The number of esters is 1. The highest BCUT2D eigenvalue weighted by molar-refractivity contribution is 7.18. The number of aromatic nitrogens is 1. The van der Waals surface area contributed by atoms with Crippen molar-refractivity contribution in [2.75, 3.05) is 26.7 Å². The van der Waals surface area contributed by atoms with Gasteiger partial charge < -0.3 is 14.4 Å². The van der Waals surface area contributed by atoms with Gasteiger partial charge in [-0.1, -0.05) is 31.2 Å². The number of methoxy groups -OCH3 is 1. The van der Waals surface area contributed by atoms with Gasteiger partial charge in [-0.25, -0.2) is 9.83 Å². The molecule has 0 aliphatic carbocycles. The maximum atomic E-state index is 11.6. The molecule has 0 bridgehead atoms. The maximum Gasteiger partial charge on any atom is 0.311 e. The second-order valence-corrected chi connectivity index (χ2v) is 10.0. The van der Waals surface area contributed by atoms with Gasteiger partial charge in [0.1, 0.15) is 10.8 Å². The summed E-state index contributed by atoms with van der Waals surface area (Å²) >= 11 is 1.65. The molecule has 0 radical (unpaired) electrons. The Labute approximate surface area is 211 Å². The van der Waals surface area contributed by atoms with Crippen molar-refractivity contribution in [3.05, 3.63) is 65.1 Å². The standard InChI is InChI=1S/C28H31N3O3S/c1-6-22-19(12-13-31-16-21(17-31)28(32)33-5)8-7-9-23(22)26-15-30-27(35-26)20-10-11-25(34-18(2)3)24(14-20)29-4/h7-11,14-15,18,21H,6,12-13,16-17H2,1-3,5H3. The average Bonchev–Trinajstić information content (AvgIpc) is 3.32. The van der Waals surface area contributed by atoms with E-state index in [-0.39, 0.29) is 18.0 Å². The number of rotatable bonds is 9. The number of hydrogen-bond donors (Lipinski definition) is 0. The molecular weight excluding hydrogens is 458 g/mol. The van der Waals surface area contributed by atoms with Crippen LogP contribution in [0.25, 0.3) is 25.9 Å². The quantitative estimate of drug-likeness (QED) is 0.272. The summed E-state index contributed by atoms with van der Waals surface area (Å²) in [4.78, 5) is 23.4. The number of carbonyl (C=O) groups excluding carboxylic acids is 1. The lowest BCUT2D eigenvalue weighted by Crippen LogP contribution is -2.51. The van der Waals surface area contributed by atoms with Crippen LogP contribution in [0, 0.1) is 12.5 Å². The summed E-state index contributed by atoms with van der Waals surface area (Å²) in [7, 11) is 1.45. The summed E-state index contributed by atoms with van der Waals surface area (Å²) < 4.78 is 10.6. The lowest BCUT2D eigenvalue weighted by Gasteiger charge is -2.37. The number of carbonyl (C=O) groups is 1. The third-order valence-corrected chi connectivity index (χ3v) is 7.36. The first kappa shape index (κ1) is 24.9. The van der Waals surface area contributed by atoms with Gasteiger partial charge in [0.05, 0.1) is 30.6 Å². The molecule has 6 nitrogen and oxygen atoms in total. The number of ether oxygens (including phenoxy) is 2. The van der Waals surface area contributed by atoms with Crippen molar-refractivity contribution in [3.63, 3.8) is 0 Å². The zero-order valence-corrected chi connectivity index (χ0v) is 21.5. The molecule has 1 aromatic heterocycles. The van der Waals surface area contributed by atoms with E-state index in [0.29, 0.717) is 11.4 Å². The second kappa shape index (κ2) is 11.0. The molecule has 0 amide bonds. The third kappa shape index (κ3) is 5.55. The molecule has 0 spiro atoms. The number of likely N-dealkylation sites (tertiary alicyclic amines) is 1. The SMILES string of the molecule is [C-]#[N+]c1cc(-c2ncc(-c3cccc(CCN4CC(C(=O)OC)C4)c3CC)s2)ccc1OC(C)C. The average molecular weight is 490 g/mol. The number of nitrogens with zero attached hydrogens (tertiary/aromatic N) is 3. The van der Waals surface area contributed by atoms with Crippen molar-refractivity contribution in [3.8, 4) is 26.8 Å². The molecule has 3 aromatic rings. The van der Waals surface area contributed by atoms with Gasteiger partial charge in [-0.3, -0.25) is 4.79 Å². The highest BCUT2D eigenvalue weighted by Crippen LogP contribution is 2.38. The van der Waals surface area contributed by atoms with Crippen LogP contribution in [0.2, 0.25) is 0 Å². The fourth-order valence-electron chi connectivity index (χ4n) is 4.49. The van der Waals surface area contributed by atoms with Crippen LogP contribution in [0.4, 0.5) is 5.69 Å². The van der Waals surface area contributed by atoms with Gasteiger partial charge in [-0.2, -0.15) is 0 Å². The molecule has 182 valence electrons. The van der Waals surface area contributed by atoms with Crippen molar-refractivity contribution >= 4 is 23.0 Å². The van der Waals surface area contributed by atoms with Crippen LogP contribution in [-0.2, 0) is 22.4 Å². The Balaban J connectivity index is 1.51. The Morgan fingerprint density at radius 2 is 2.09 bits per heavy atom. The van der Waals surface area contributed by atoms with Gasteiger partial charge in [0.25, 0.3) is 0 Å². The highest BCUT2D eigenvalue weighted by atomic mass is 32.1. The summed E-state index contributed by atoms with van der Waals surface area (Å²) in [6, 6.07) is 12.2. The van der Waals surface area contributed by atoms with E-state index in [4.69, 9.17) is 16.0 Å². The Bertz CT molecular complexity index is 1240. The van der Waals surface area contributed by atoms with E-state index in [2.05, 4.69) is 39.9 Å². The van der Waals surface area contributed by atoms with E-state index in [1.165, 1.54) is 23.8 Å². The summed E-state index contributed by atoms with van der Waals surface area (Å²) in [6.07, 6.45) is 3.84. The highest BCUT2D eigenvalue weighted by Gasteiger charge is 2.33. The van der Waals surface area contributed by atoms with Crippen LogP contribution in [0.1, 0.15) is 31.9 Å². The Morgan fingerprint density at radius 3 is 2.77 bits per heavy atom. The zero-order valence-electron chi connectivity index (χ0n) is 20.7. The summed E-state index contributed by atoms with van der Waals surface area (Å²) in [5.41, 5.74) is 5.33. The molecule has 7 heteroatoms. The molecule has 0 N–H and O–H groups in total. The largest absolute Gasteiger partial charge is 0.502 e. The normalized spacial score (nSPS) is 13.9. The summed E-state index contributed by atoms with van der Waals surface area (Å²) in [5.74, 6) is 0.516. The van der Waals surface area contributed by atoms with Gasteiger partial charge in [0, 0.05) is 31.4 Å². The van der Waals surface area contributed by atoms with Crippen LogP contribution < -0.4 is 4.74 Å². The topological polar surface area (TPSA) is 56.0 Å². The van der Waals surface area contributed by atoms with Crippen LogP contribution in [0.3, 0.4) is 0 Å². The molecule has 2 heterocycles. The van der Waals surface area contributed by atoms with E-state index in [1.54, 1.807) is 11.3 Å². The number of thiazole rings is 1. The first-order valence-electron chi connectivity index (χ1n) is 12.0. The van der Waals surface area contributed by atoms with E-state index < -0.39 is 0 Å². The van der Waals surface area contributed by atoms with Crippen LogP contribution in [0.15, 0.2) is 42.6 Å². The molecule has 35 heavy (non-hydrogen) atoms. The van der Waals surface area contributed by atoms with Crippen molar-refractivity contribution in [1.29, 1.82) is 0 Å². The maximum absolute atomic E-state index is 11.6. The second-order valence-electron chi connectivity index (χ2n) is 9.02. The molecule has 1 aliphatic heterocycles. The van der Waals surface area contributed by atoms with Gasteiger partial charge in [-0.05, 0) is 55.5 Å². The van der Waals surface area contributed by atoms with Crippen molar-refractivity contribution in [2.45, 2.75) is 39.7 Å². The lowest BCUT2D eigenvalue weighted by molar-refractivity contribution is -0.151.